The zero-order chi connectivity index (χ0) is 13.1. The van der Waals surface area contributed by atoms with Gasteiger partial charge in [-0.25, -0.2) is 4.98 Å². The summed E-state index contributed by atoms with van der Waals surface area (Å²) in [6.07, 6.45) is 3.11. The summed E-state index contributed by atoms with van der Waals surface area (Å²) in [6, 6.07) is 0.297. The van der Waals surface area contributed by atoms with Crippen LogP contribution in [0.1, 0.15) is 44.8 Å². The van der Waals surface area contributed by atoms with Crippen LogP contribution in [0.2, 0.25) is 0 Å². The lowest BCUT2D eigenvalue weighted by atomic mass is 10.1. The first-order chi connectivity index (χ1) is 7.89. The first kappa shape index (κ1) is 14.2. The van der Waals surface area contributed by atoms with Gasteiger partial charge in [0.05, 0.1) is 11.3 Å². The van der Waals surface area contributed by atoms with Crippen LogP contribution in [0, 0.1) is 6.92 Å². The summed E-state index contributed by atoms with van der Waals surface area (Å²) in [5.74, 6) is 1.06. The predicted octanol–water partition coefficient (Wildman–Crippen LogP) is 2.29. The summed E-state index contributed by atoms with van der Waals surface area (Å²) in [6.45, 7) is 9.32. The monoisotopic (exact) mass is 239 g/mol. The number of ether oxygens (including phenoxy) is 1. The smallest absolute Gasteiger partial charge is 0.105 e. The Balaban J connectivity index is 2.69. The molecule has 0 spiro atoms. The van der Waals surface area contributed by atoms with E-state index >= 15 is 0 Å². The highest BCUT2D eigenvalue weighted by Crippen LogP contribution is 2.17. The zero-order valence-electron chi connectivity index (χ0n) is 11.9. The molecular weight excluding hydrogens is 214 g/mol. The molecule has 4 nitrogen and oxygen atoms in total. The van der Waals surface area contributed by atoms with Crippen LogP contribution in [0.15, 0.2) is 6.20 Å². The molecule has 0 bridgehead atoms. The van der Waals surface area contributed by atoms with E-state index in [0.717, 1.165) is 24.5 Å². The number of nitrogens with zero attached hydrogens (tertiary/aromatic N) is 2. The van der Waals surface area contributed by atoms with E-state index in [1.54, 1.807) is 7.11 Å². The summed E-state index contributed by atoms with van der Waals surface area (Å²) < 4.78 is 7.63. The fourth-order valence-electron chi connectivity index (χ4n) is 1.61. The van der Waals surface area contributed by atoms with Gasteiger partial charge in [-0.3, -0.25) is 0 Å². The normalized spacial score (nSPS) is 14.0. The first-order valence-corrected chi connectivity index (χ1v) is 6.15. The van der Waals surface area contributed by atoms with Gasteiger partial charge in [0.25, 0.3) is 0 Å². The molecule has 0 aliphatic rings. The van der Waals surface area contributed by atoms with Gasteiger partial charge in [-0.1, -0.05) is 0 Å². The molecule has 4 heteroatoms. The van der Waals surface area contributed by atoms with Crippen molar-refractivity contribution in [2.45, 2.75) is 52.3 Å². The fourth-order valence-corrected chi connectivity index (χ4v) is 1.61. The van der Waals surface area contributed by atoms with E-state index in [4.69, 9.17) is 4.74 Å². The van der Waals surface area contributed by atoms with Gasteiger partial charge in [0, 0.05) is 25.9 Å². The van der Waals surface area contributed by atoms with Gasteiger partial charge in [0.15, 0.2) is 0 Å². The molecule has 0 radical (unpaired) electrons. The molecule has 17 heavy (non-hydrogen) atoms. The van der Waals surface area contributed by atoms with Crippen LogP contribution in [-0.4, -0.2) is 29.3 Å². The molecule has 1 heterocycles. The number of methoxy groups -OCH3 is 1. The van der Waals surface area contributed by atoms with E-state index in [1.165, 1.54) is 0 Å². The van der Waals surface area contributed by atoms with Crippen molar-refractivity contribution < 1.29 is 4.74 Å². The summed E-state index contributed by atoms with van der Waals surface area (Å²) >= 11 is 0. The van der Waals surface area contributed by atoms with Crippen molar-refractivity contribution in [3.8, 4) is 0 Å². The minimum Gasteiger partial charge on any atom is -0.379 e. The number of nitrogens with one attached hydrogen (secondary N) is 1. The van der Waals surface area contributed by atoms with Gasteiger partial charge in [0.1, 0.15) is 5.82 Å². The number of rotatable bonds is 6. The number of hydrogen-bond donors (Lipinski definition) is 1. The average Bonchev–Trinajstić information content (AvgIpc) is 2.67. The second-order valence-electron chi connectivity index (χ2n) is 5.13. The molecule has 1 aromatic rings. The lowest BCUT2D eigenvalue weighted by Gasteiger charge is -2.23. The average molecular weight is 239 g/mol. The van der Waals surface area contributed by atoms with Crippen LogP contribution < -0.4 is 5.32 Å². The molecule has 0 amide bonds. The highest BCUT2D eigenvalue weighted by Gasteiger charge is 2.17. The molecule has 98 valence electrons. The van der Waals surface area contributed by atoms with Crippen molar-refractivity contribution in [1.29, 1.82) is 0 Å². The van der Waals surface area contributed by atoms with Gasteiger partial charge in [-0.05, 0) is 41.2 Å². The SMILES string of the molecule is CNC(C)c1cn(CCC(C)(C)OC)c(C)n1. The standard InChI is InChI=1S/C13H25N3O/c1-10(14-5)12-9-16(11(2)15-12)8-7-13(3,4)17-6/h9-10,14H,7-8H2,1-6H3. The maximum Gasteiger partial charge on any atom is 0.105 e. The van der Waals surface area contributed by atoms with Gasteiger partial charge in [-0.15, -0.1) is 0 Å². The molecular formula is C13H25N3O. The van der Waals surface area contributed by atoms with Gasteiger partial charge >= 0.3 is 0 Å². The minimum atomic E-state index is -0.0779. The number of hydrogen-bond acceptors (Lipinski definition) is 3. The molecule has 0 aliphatic carbocycles. The summed E-state index contributed by atoms with van der Waals surface area (Å²) in [5.41, 5.74) is 1.02. The Morgan fingerprint density at radius 1 is 1.53 bits per heavy atom. The summed E-state index contributed by atoms with van der Waals surface area (Å²) in [4.78, 5) is 4.57. The molecule has 0 saturated heterocycles. The molecule has 1 aromatic heterocycles. The van der Waals surface area contributed by atoms with Crippen LogP contribution >= 0.6 is 0 Å². The number of imidazole rings is 1. The second kappa shape index (κ2) is 5.65. The topological polar surface area (TPSA) is 39.1 Å². The van der Waals surface area contributed by atoms with Crippen LogP contribution in [-0.2, 0) is 11.3 Å². The quantitative estimate of drug-likeness (QED) is 0.828. The maximum absolute atomic E-state index is 5.43. The Morgan fingerprint density at radius 2 is 2.18 bits per heavy atom. The Labute approximate surface area is 104 Å². The van der Waals surface area contributed by atoms with Gasteiger partial charge in [-0.2, -0.15) is 0 Å². The molecule has 1 N–H and O–H groups in total. The van der Waals surface area contributed by atoms with E-state index in [2.05, 4.69) is 41.8 Å². The minimum absolute atomic E-state index is 0.0779. The van der Waals surface area contributed by atoms with Crippen LogP contribution in [0.25, 0.3) is 0 Å². The largest absolute Gasteiger partial charge is 0.379 e. The van der Waals surface area contributed by atoms with E-state index < -0.39 is 0 Å². The van der Waals surface area contributed by atoms with Crippen LogP contribution in [0.3, 0.4) is 0 Å². The lowest BCUT2D eigenvalue weighted by molar-refractivity contribution is 0.0119. The van der Waals surface area contributed by atoms with Crippen molar-refractivity contribution in [2.24, 2.45) is 0 Å². The first-order valence-electron chi connectivity index (χ1n) is 6.15. The Morgan fingerprint density at radius 3 is 2.71 bits per heavy atom. The van der Waals surface area contributed by atoms with Crippen molar-refractivity contribution >= 4 is 0 Å². The van der Waals surface area contributed by atoms with E-state index in [9.17, 15) is 0 Å². The van der Waals surface area contributed by atoms with Gasteiger partial charge in [0.2, 0.25) is 0 Å². The molecule has 0 saturated carbocycles. The zero-order valence-corrected chi connectivity index (χ0v) is 11.9. The third-order valence-corrected chi connectivity index (χ3v) is 3.38. The van der Waals surface area contributed by atoms with E-state index in [-0.39, 0.29) is 5.60 Å². The molecule has 1 unspecified atom stereocenters. The van der Waals surface area contributed by atoms with E-state index in [0.29, 0.717) is 6.04 Å². The van der Waals surface area contributed by atoms with Crippen LogP contribution in [0.4, 0.5) is 0 Å². The summed E-state index contributed by atoms with van der Waals surface area (Å²) in [5, 5.41) is 3.20. The van der Waals surface area contributed by atoms with Crippen molar-refractivity contribution in [1.82, 2.24) is 14.9 Å². The Bertz CT molecular complexity index is 358. The fraction of sp³-hybridized carbons (Fsp3) is 0.769. The lowest BCUT2D eigenvalue weighted by Crippen LogP contribution is -2.24. The number of aryl methyl sites for hydroxylation is 2. The Kier molecular flexibility index (Phi) is 4.71. The van der Waals surface area contributed by atoms with Crippen molar-refractivity contribution in [3.05, 3.63) is 17.7 Å². The highest BCUT2D eigenvalue weighted by molar-refractivity contribution is 5.07. The second-order valence-corrected chi connectivity index (χ2v) is 5.13. The molecule has 0 fully saturated rings. The predicted molar refractivity (Wildman–Crippen MR) is 70.1 cm³/mol. The molecule has 0 aromatic carbocycles. The molecule has 1 atom stereocenters. The highest BCUT2D eigenvalue weighted by atomic mass is 16.5. The summed E-state index contributed by atoms with van der Waals surface area (Å²) in [7, 11) is 3.71. The van der Waals surface area contributed by atoms with Gasteiger partial charge < -0.3 is 14.6 Å². The van der Waals surface area contributed by atoms with Crippen LogP contribution in [0.5, 0.6) is 0 Å². The van der Waals surface area contributed by atoms with E-state index in [1.807, 2.05) is 14.0 Å². The maximum atomic E-state index is 5.43. The van der Waals surface area contributed by atoms with Crippen molar-refractivity contribution in [2.75, 3.05) is 14.2 Å². The van der Waals surface area contributed by atoms with Crippen molar-refractivity contribution in [3.63, 3.8) is 0 Å². The third-order valence-electron chi connectivity index (χ3n) is 3.38. The Hall–Kier alpha value is -0.870. The third kappa shape index (κ3) is 3.82. The number of aromatic nitrogens is 2. The molecule has 1 rings (SSSR count). The molecule has 0 aliphatic heterocycles.